The van der Waals surface area contributed by atoms with Gasteiger partial charge in [0.15, 0.2) is 0 Å². The maximum atomic E-state index is 4.36. The highest BCUT2D eigenvalue weighted by molar-refractivity contribution is 8.01. The molecule has 0 aliphatic heterocycles. The normalized spacial score (nSPS) is 10.8. The minimum atomic E-state index is 1.12. The van der Waals surface area contributed by atoms with E-state index in [1.54, 1.807) is 11.5 Å². The van der Waals surface area contributed by atoms with Crippen molar-refractivity contribution < 1.29 is 0 Å². The minimum absolute atomic E-state index is 1.12. The summed E-state index contributed by atoms with van der Waals surface area (Å²) in [4.78, 5) is 0. The van der Waals surface area contributed by atoms with Crippen LogP contribution in [-0.2, 0) is 0 Å². The van der Waals surface area contributed by atoms with E-state index in [0.717, 1.165) is 11.3 Å². The van der Waals surface area contributed by atoms with Crippen molar-refractivity contribution in [2.45, 2.75) is 11.1 Å². The first kappa shape index (κ1) is 8.08. The highest BCUT2D eigenvalue weighted by atomic mass is 32.2. The quantitative estimate of drug-likeness (QED) is 0.681. The van der Waals surface area contributed by atoms with Gasteiger partial charge < -0.3 is 0 Å². The lowest BCUT2D eigenvalue weighted by molar-refractivity contribution is 1.52. The molecule has 0 radical (unpaired) electrons. The Balaban J connectivity index is 2.55. The van der Waals surface area contributed by atoms with E-state index in [4.69, 9.17) is 0 Å². The Kier molecular flexibility index (Phi) is 2.33. The third-order valence-corrected chi connectivity index (χ3v) is 3.65. The Morgan fingerprint density at radius 3 is 3.08 bits per heavy atom. The predicted octanol–water partition coefficient (Wildman–Crippen LogP) is 3.41. The van der Waals surface area contributed by atoms with Crippen molar-refractivity contribution in [1.82, 2.24) is 4.37 Å². The van der Waals surface area contributed by atoms with E-state index in [2.05, 4.69) is 29.5 Å². The van der Waals surface area contributed by atoms with Crippen LogP contribution in [0.15, 0.2) is 28.5 Å². The van der Waals surface area contributed by atoms with Gasteiger partial charge in [0.1, 0.15) is 0 Å². The van der Waals surface area contributed by atoms with E-state index in [9.17, 15) is 0 Å². The molecular formula is C9H9NS2. The predicted molar refractivity (Wildman–Crippen MR) is 56.0 cm³/mol. The van der Waals surface area contributed by atoms with Gasteiger partial charge in [0, 0.05) is 5.39 Å². The third-order valence-electron chi connectivity index (χ3n) is 1.63. The summed E-state index contributed by atoms with van der Waals surface area (Å²) in [5.41, 5.74) is 1.12. The third kappa shape index (κ3) is 1.34. The second-order valence-electron chi connectivity index (χ2n) is 2.42. The summed E-state index contributed by atoms with van der Waals surface area (Å²) in [5.74, 6) is 1.12. The van der Waals surface area contributed by atoms with Crippen molar-refractivity contribution in [2.75, 3.05) is 5.75 Å². The van der Waals surface area contributed by atoms with Crippen LogP contribution in [0.5, 0.6) is 0 Å². The number of fused-ring (bicyclic) bond motifs is 1. The molecule has 0 unspecified atom stereocenters. The highest BCUT2D eigenvalue weighted by Gasteiger charge is 2.03. The number of hydrogen-bond donors (Lipinski definition) is 0. The highest BCUT2D eigenvalue weighted by Crippen LogP contribution is 2.31. The van der Waals surface area contributed by atoms with Crippen LogP contribution in [0.25, 0.3) is 10.9 Å². The molecule has 12 heavy (non-hydrogen) atoms. The Morgan fingerprint density at radius 1 is 1.42 bits per heavy atom. The van der Waals surface area contributed by atoms with Gasteiger partial charge in [-0.25, -0.2) is 0 Å². The first-order chi connectivity index (χ1) is 5.92. The molecule has 1 aromatic carbocycles. The molecule has 0 saturated carbocycles. The van der Waals surface area contributed by atoms with Crippen LogP contribution in [0.2, 0.25) is 0 Å². The first-order valence-electron chi connectivity index (χ1n) is 3.89. The SMILES string of the molecule is CCSc1snc2ccccc12. The molecule has 0 atom stereocenters. The van der Waals surface area contributed by atoms with Crippen molar-refractivity contribution >= 4 is 34.2 Å². The van der Waals surface area contributed by atoms with Gasteiger partial charge in [0.05, 0.1) is 9.73 Å². The lowest BCUT2D eigenvalue weighted by Gasteiger charge is -1.91. The van der Waals surface area contributed by atoms with Gasteiger partial charge in [0.2, 0.25) is 0 Å². The molecular weight excluding hydrogens is 186 g/mol. The summed E-state index contributed by atoms with van der Waals surface area (Å²) in [6, 6.07) is 8.29. The van der Waals surface area contributed by atoms with E-state index in [-0.39, 0.29) is 0 Å². The Morgan fingerprint density at radius 2 is 2.25 bits per heavy atom. The Labute approximate surface area is 80.0 Å². The van der Waals surface area contributed by atoms with Crippen LogP contribution in [-0.4, -0.2) is 10.1 Å². The van der Waals surface area contributed by atoms with Crippen LogP contribution in [0.4, 0.5) is 0 Å². The summed E-state index contributed by atoms with van der Waals surface area (Å²) in [6.07, 6.45) is 0. The van der Waals surface area contributed by atoms with Crippen molar-refractivity contribution in [3.05, 3.63) is 24.3 Å². The molecule has 1 heterocycles. The molecule has 2 aromatic rings. The maximum absolute atomic E-state index is 4.36. The Bertz CT molecular complexity index is 381. The van der Waals surface area contributed by atoms with E-state index in [1.165, 1.54) is 9.60 Å². The second kappa shape index (κ2) is 3.46. The van der Waals surface area contributed by atoms with Crippen LogP contribution >= 0.6 is 23.3 Å². The van der Waals surface area contributed by atoms with Gasteiger partial charge in [-0.05, 0) is 23.4 Å². The van der Waals surface area contributed by atoms with E-state index < -0.39 is 0 Å². The minimum Gasteiger partial charge on any atom is -0.191 e. The van der Waals surface area contributed by atoms with Crippen molar-refractivity contribution in [1.29, 1.82) is 0 Å². The fourth-order valence-corrected chi connectivity index (χ4v) is 2.98. The molecule has 0 spiro atoms. The second-order valence-corrected chi connectivity index (χ2v) is 4.73. The zero-order chi connectivity index (χ0) is 8.39. The molecule has 1 aromatic heterocycles. The molecule has 62 valence electrons. The first-order valence-corrected chi connectivity index (χ1v) is 5.65. The fourth-order valence-electron chi connectivity index (χ4n) is 1.10. The molecule has 0 saturated heterocycles. The number of benzene rings is 1. The largest absolute Gasteiger partial charge is 0.191 e. The van der Waals surface area contributed by atoms with E-state index in [1.807, 2.05) is 17.8 Å². The van der Waals surface area contributed by atoms with Gasteiger partial charge in [-0.15, -0.1) is 11.8 Å². The number of rotatable bonds is 2. The van der Waals surface area contributed by atoms with E-state index in [0.29, 0.717) is 0 Å². The zero-order valence-electron chi connectivity index (χ0n) is 6.78. The van der Waals surface area contributed by atoms with Crippen LogP contribution in [0.1, 0.15) is 6.92 Å². The summed E-state index contributed by atoms with van der Waals surface area (Å²) < 4.78 is 5.70. The molecule has 1 nitrogen and oxygen atoms in total. The summed E-state index contributed by atoms with van der Waals surface area (Å²) in [7, 11) is 0. The van der Waals surface area contributed by atoms with Gasteiger partial charge in [-0.2, -0.15) is 4.37 Å². The lowest BCUT2D eigenvalue weighted by Crippen LogP contribution is -1.67. The number of hydrogen-bond acceptors (Lipinski definition) is 3. The summed E-state index contributed by atoms with van der Waals surface area (Å²) in [5, 5.41) is 1.30. The number of aromatic nitrogens is 1. The van der Waals surface area contributed by atoms with Gasteiger partial charge in [0.25, 0.3) is 0 Å². The summed E-state index contributed by atoms with van der Waals surface area (Å²) >= 11 is 3.47. The van der Waals surface area contributed by atoms with Crippen LogP contribution in [0.3, 0.4) is 0 Å². The monoisotopic (exact) mass is 195 g/mol. The fraction of sp³-hybridized carbons (Fsp3) is 0.222. The molecule has 3 heteroatoms. The van der Waals surface area contributed by atoms with Gasteiger partial charge >= 0.3 is 0 Å². The van der Waals surface area contributed by atoms with Crippen LogP contribution in [0, 0.1) is 0 Å². The Hall–Kier alpha value is -0.540. The van der Waals surface area contributed by atoms with Crippen LogP contribution < -0.4 is 0 Å². The molecule has 2 rings (SSSR count). The molecule has 0 aliphatic carbocycles. The number of thioether (sulfide) groups is 1. The van der Waals surface area contributed by atoms with E-state index >= 15 is 0 Å². The van der Waals surface area contributed by atoms with Gasteiger partial charge in [-0.3, -0.25) is 0 Å². The topological polar surface area (TPSA) is 12.9 Å². The summed E-state index contributed by atoms with van der Waals surface area (Å²) in [6.45, 7) is 2.17. The molecule has 0 fully saturated rings. The zero-order valence-corrected chi connectivity index (χ0v) is 8.41. The van der Waals surface area contributed by atoms with Crippen molar-refractivity contribution in [3.63, 3.8) is 0 Å². The standard InChI is InChI=1S/C9H9NS2/c1-2-11-9-7-5-3-4-6-8(7)10-12-9/h3-6H,2H2,1H3. The van der Waals surface area contributed by atoms with Gasteiger partial charge in [-0.1, -0.05) is 25.1 Å². The van der Waals surface area contributed by atoms with Crippen molar-refractivity contribution in [3.8, 4) is 0 Å². The molecule has 0 aliphatic rings. The average molecular weight is 195 g/mol. The maximum Gasteiger partial charge on any atom is 0.0885 e. The molecule has 0 amide bonds. The number of nitrogens with zero attached hydrogens (tertiary/aromatic N) is 1. The lowest BCUT2D eigenvalue weighted by atomic mass is 10.3. The smallest absolute Gasteiger partial charge is 0.0885 e. The van der Waals surface area contributed by atoms with Crippen molar-refractivity contribution in [2.24, 2.45) is 0 Å². The molecule has 0 bridgehead atoms. The molecule has 0 N–H and O–H groups in total. The average Bonchev–Trinajstić information content (AvgIpc) is 2.50.